The second-order valence-electron chi connectivity index (χ2n) is 2.47. The highest BCUT2D eigenvalue weighted by atomic mass is 19.1. The summed E-state index contributed by atoms with van der Waals surface area (Å²) in [6.45, 7) is 2.06. The van der Waals surface area contributed by atoms with Gasteiger partial charge in [-0.1, -0.05) is 0 Å². The second-order valence-corrected chi connectivity index (χ2v) is 2.47. The molecule has 0 spiro atoms. The Labute approximate surface area is 81.1 Å². The van der Waals surface area contributed by atoms with Crippen LogP contribution in [0.15, 0.2) is 18.2 Å². The fourth-order valence-electron chi connectivity index (χ4n) is 0.961. The van der Waals surface area contributed by atoms with Crippen molar-refractivity contribution < 1.29 is 23.8 Å². The summed E-state index contributed by atoms with van der Waals surface area (Å²) in [5.41, 5.74) is 0. The van der Waals surface area contributed by atoms with Crippen LogP contribution in [0.5, 0.6) is 11.5 Å². The van der Waals surface area contributed by atoms with Crippen LogP contribution in [-0.4, -0.2) is 24.0 Å². The van der Waals surface area contributed by atoms with Gasteiger partial charge < -0.3 is 19.4 Å². The van der Waals surface area contributed by atoms with Gasteiger partial charge in [0.25, 0.3) is 0 Å². The quantitative estimate of drug-likeness (QED) is 0.697. The van der Waals surface area contributed by atoms with E-state index in [1.165, 1.54) is 6.07 Å². The zero-order chi connectivity index (χ0) is 10.6. The van der Waals surface area contributed by atoms with Gasteiger partial charge >= 0.3 is 7.32 Å². The summed E-state index contributed by atoms with van der Waals surface area (Å²) < 4.78 is 22.4. The number of benzene rings is 1. The summed E-state index contributed by atoms with van der Waals surface area (Å²) in [4.78, 5) is 0. The third-order valence-corrected chi connectivity index (χ3v) is 1.44. The highest BCUT2D eigenvalue weighted by molar-refractivity contribution is 6.33. The van der Waals surface area contributed by atoms with Crippen LogP contribution < -0.4 is 9.39 Å². The molecule has 1 aromatic carbocycles. The molecule has 76 valence electrons. The van der Waals surface area contributed by atoms with Crippen LogP contribution >= 0.6 is 0 Å². The van der Waals surface area contributed by atoms with Crippen molar-refractivity contribution in [2.24, 2.45) is 0 Å². The van der Waals surface area contributed by atoms with Crippen molar-refractivity contribution in [2.45, 2.75) is 6.92 Å². The molecule has 0 saturated heterocycles. The van der Waals surface area contributed by atoms with E-state index in [-0.39, 0.29) is 11.5 Å². The Bertz CT molecular complexity index is 305. The van der Waals surface area contributed by atoms with E-state index in [0.29, 0.717) is 6.61 Å². The minimum Gasteiger partial charge on any atom is -0.509 e. The lowest BCUT2D eigenvalue weighted by Crippen LogP contribution is -2.21. The monoisotopic (exact) mass is 200 g/mol. The van der Waals surface area contributed by atoms with Crippen LogP contribution in [0.4, 0.5) is 4.39 Å². The molecular weight excluding hydrogens is 190 g/mol. The molecule has 0 amide bonds. The summed E-state index contributed by atoms with van der Waals surface area (Å²) in [6.07, 6.45) is 0. The van der Waals surface area contributed by atoms with Gasteiger partial charge in [-0.05, 0) is 19.1 Å². The van der Waals surface area contributed by atoms with E-state index >= 15 is 0 Å². The first-order valence-corrected chi connectivity index (χ1v) is 4.08. The van der Waals surface area contributed by atoms with Crippen LogP contribution in [0.2, 0.25) is 0 Å². The summed E-state index contributed by atoms with van der Waals surface area (Å²) in [5, 5.41) is 17.1. The average Bonchev–Trinajstić information content (AvgIpc) is 2.09. The van der Waals surface area contributed by atoms with Gasteiger partial charge in [-0.3, -0.25) is 0 Å². The van der Waals surface area contributed by atoms with Crippen molar-refractivity contribution in [3.8, 4) is 11.5 Å². The first-order valence-electron chi connectivity index (χ1n) is 4.08. The maximum atomic E-state index is 12.7. The van der Waals surface area contributed by atoms with Crippen LogP contribution in [0, 0.1) is 5.82 Å². The molecule has 0 atom stereocenters. The minimum atomic E-state index is -1.94. The predicted octanol–water partition coefficient (Wildman–Crippen LogP) is 0.573. The molecule has 0 unspecified atom stereocenters. The maximum Gasteiger partial charge on any atom is 0.707 e. The van der Waals surface area contributed by atoms with E-state index in [0.717, 1.165) is 12.1 Å². The molecule has 0 fully saturated rings. The molecular formula is C8H10BFO4. The summed E-state index contributed by atoms with van der Waals surface area (Å²) in [6, 6.07) is 3.52. The van der Waals surface area contributed by atoms with Gasteiger partial charge in [-0.2, -0.15) is 0 Å². The van der Waals surface area contributed by atoms with E-state index in [1.54, 1.807) is 6.92 Å². The first kappa shape index (κ1) is 10.8. The third kappa shape index (κ3) is 2.90. The lowest BCUT2D eigenvalue weighted by atomic mass is 10.2. The predicted molar refractivity (Wildman–Crippen MR) is 48.4 cm³/mol. The Morgan fingerprint density at radius 1 is 1.36 bits per heavy atom. The Kier molecular flexibility index (Phi) is 3.73. The molecule has 1 aromatic rings. The molecule has 0 aliphatic heterocycles. The normalized spacial score (nSPS) is 9.71. The van der Waals surface area contributed by atoms with Gasteiger partial charge in [0.1, 0.15) is 11.6 Å². The van der Waals surface area contributed by atoms with Crippen molar-refractivity contribution >= 4 is 7.32 Å². The van der Waals surface area contributed by atoms with E-state index in [9.17, 15) is 4.39 Å². The van der Waals surface area contributed by atoms with Gasteiger partial charge in [0, 0.05) is 6.07 Å². The molecule has 6 heteroatoms. The van der Waals surface area contributed by atoms with Gasteiger partial charge in [-0.25, -0.2) is 4.39 Å². The number of hydrogen-bond donors (Lipinski definition) is 2. The first-order chi connectivity index (χ1) is 6.63. The molecule has 0 saturated carbocycles. The molecule has 1 rings (SSSR count). The number of halogens is 1. The van der Waals surface area contributed by atoms with Crippen molar-refractivity contribution in [3.63, 3.8) is 0 Å². The highest BCUT2D eigenvalue weighted by Crippen LogP contribution is 2.27. The Hall–Kier alpha value is -1.27. The molecule has 0 radical (unpaired) electrons. The van der Waals surface area contributed by atoms with Gasteiger partial charge in [-0.15, -0.1) is 0 Å². The molecule has 0 aliphatic carbocycles. The van der Waals surface area contributed by atoms with Crippen LogP contribution in [-0.2, 0) is 0 Å². The molecule has 0 aliphatic rings. The molecule has 0 heterocycles. The van der Waals surface area contributed by atoms with Crippen LogP contribution in [0.3, 0.4) is 0 Å². The van der Waals surface area contributed by atoms with Crippen LogP contribution in [0.1, 0.15) is 6.92 Å². The maximum absolute atomic E-state index is 12.7. The van der Waals surface area contributed by atoms with Gasteiger partial charge in [0.15, 0.2) is 5.75 Å². The Morgan fingerprint density at radius 3 is 2.64 bits per heavy atom. The lowest BCUT2D eigenvalue weighted by molar-refractivity contribution is 0.271. The standard InChI is InChI=1S/C8H10BFO4/c1-2-13-8-5-6(10)3-4-7(8)14-9(11)12/h3-5,11-12H,2H2,1H3. The molecule has 0 bridgehead atoms. The number of ether oxygens (including phenoxy) is 1. The van der Waals surface area contributed by atoms with Gasteiger partial charge in [0.2, 0.25) is 0 Å². The van der Waals surface area contributed by atoms with Crippen LogP contribution in [0.25, 0.3) is 0 Å². The fourth-order valence-corrected chi connectivity index (χ4v) is 0.961. The zero-order valence-corrected chi connectivity index (χ0v) is 7.61. The highest BCUT2D eigenvalue weighted by Gasteiger charge is 2.15. The van der Waals surface area contributed by atoms with E-state index in [4.69, 9.17) is 14.8 Å². The van der Waals surface area contributed by atoms with Crippen molar-refractivity contribution in [1.82, 2.24) is 0 Å². The smallest absolute Gasteiger partial charge is 0.509 e. The van der Waals surface area contributed by atoms with E-state index < -0.39 is 13.1 Å². The van der Waals surface area contributed by atoms with E-state index in [1.807, 2.05) is 0 Å². The summed E-state index contributed by atoms with van der Waals surface area (Å²) in [7, 11) is -1.94. The van der Waals surface area contributed by atoms with Gasteiger partial charge in [0.05, 0.1) is 6.61 Å². The summed E-state index contributed by atoms with van der Waals surface area (Å²) >= 11 is 0. The van der Waals surface area contributed by atoms with Crippen molar-refractivity contribution in [1.29, 1.82) is 0 Å². The van der Waals surface area contributed by atoms with Crippen molar-refractivity contribution in [2.75, 3.05) is 6.61 Å². The SMILES string of the molecule is CCOc1cc(F)ccc1OB(O)O. The average molecular weight is 200 g/mol. The third-order valence-electron chi connectivity index (χ3n) is 1.44. The molecule has 14 heavy (non-hydrogen) atoms. The largest absolute Gasteiger partial charge is 0.707 e. The minimum absolute atomic E-state index is 0.0863. The summed E-state index contributed by atoms with van der Waals surface area (Å²) in [5.74, 6) is -0.253. The number of hydrogen-bond acceptors (Lipinski definition) is 4. The topological polar surface area (TPSA) is 58.9 Å². The second kappa shape index (κ2) is 4.83. The fraction of sp³-hybridized carbons (Fsp3) is 0.250. The molecule has 4 nitrogen and oxygen atoms in total. The van der Waals surface area contributed by atoms with E-state index in [2.05, 4.69) is 4.65 Å². The Balaban J connectivity index is 2.89. The zero-order valence-electron chi connectivity index (χ0n) is 7.61. The van der Waals surface area contributed by atoms with Crippen molar-refractivity contribution in [3.05, 3.63) is 24.0 Å². The Morgan fingerprint density at radius 2 is 2.07 bits per heavy atom. The number of rotatable bonds is 4. The molecule has 2 N–H and O–H groups in total. The molecule has 0 aromatic heterocycles. The lowest BCUT2D eigenvalue weighted by Gasteiger charge is -2.10.